The maximum atomic E-state index is 2.45. The first kappa shape index (κ1) is 38.7. The predicted octanol–water partition coefficient (Wildman–Crippen LogP) is 17.1. The average molecular weight is 853 g/mol. The fourth-order valence-corrected chi connectivity index (χ4v) is 11.1. The van der Waals surface area contributed by atoms with Crippen LogP contribution in [0.25, 0.3) is 71.5 Å². The Morgan fingerprint density at radius 2 is 0.716 bits per heavy atom. The molecule has 12 aromatic rings. The second-order valence-corrected chi connectivity index (χ2v) is 17.6. The third kappa shape index (κ3) is 6.18. The molecular weight excluding hydrogens is 809 g/mol. The summed E-state index contributed by atoms with van der Waals surface area (Å²) < 4.78 is 2.34. The quantitative estimate of drug-likeness (QED) is 0.138. The molecule has 0 atom stereocenters. The molecule has 0 aliphatic heterocycles. The van der Waals surface area contributed by atoms with Crippen molar-refractivity contribution in [3.05, 3.63) is 289 Å². The van der Waals surface area contributed by atoms with E-state index in [4.69, 9.17) is 0 Å². The van der Waals surface area contributed by atoms with Gasteiger partial charge in [0.25, 0.3) is 0 Å². The highest BCUT2D eigenvalue weighted by Gasteiger charge is 2.46. The lowest BCUT2D eigenvalue weighted by Crippen LogP contribution is -2.28. The number of aromatic nitrogens is 1. The van der Waals surface area contributed by atoms with E-state index in [9.17, 15) is 0 Å². The largest absolute Gasteiger partial charge is 0.316 e. The molecular formula is C65H44N2. The maximum absolute atomic E-state index is 2.45. The Balaban J connectivity index is 0.919. The van der Waals surface area contributed by atoms with Gasteiger partial charge in [-0.1, -0.05) is 206 Å². The van der Waals surface area contributed by atoms with Gasteiger partial charge in [-0.05, 0) is 126 Å². The smallest absolute Gasteiger partial charge is 0.0714 e. The van der Waals surface area contributed by atoms with Gasteiger partial charge >= 0.3 is 0 Å². The Morgan fingerprint density at radius 3 is 1.30 bits per heavy atom. The van der Waals surface area contributed by atoms with Crippen LogP contribution >= 0.6 is 0 Å². The van der Waals surface area contributed by atoms with Crippen LogP contribution in [0.3, 0.4) is 0 Å². The minimum Gasteiger partial charge on any atom is -0.316 e. The van der Waals surface area contributed by atoms with E-state index < -0.39 is 5.41 Å². The molecule has 0 spiro atoms. The normalized spacial score (nSPS) is 12.6. The van der Waals surface area contributed by atoms with Crippen LogP contribution in [0.15, 0.2) is 267 Å². The summed E-state index contributed by atoms with van der Waals surface area (Å²) in [5, 5.41) is 6.38. The van der Waals surface area contributed by atoms with Gasteiger partial charge < -0.3 is 9.47 Å². The summed E-state index contributed by atoms with van der Waals surface area (Å²) in [7, 11) is 0. The van der Waals surface area contributed by atoms with Gasteiger partial charge in [-0.25, -0.2) is 0 Å². The van der Waals surface area contributed by atoms with Gasteiger partial charge in [0.15, 0.2) is 0 Å². The summed E-state index contributed by atoms with van der Waals surface area (Å²) >= 11 is 0. The fraction of sp³-hybridized carbons (Fsp3) is 0.0154. The maximum Gasteiger partial charge on any atom is 0.0714 e. The number of nitrogens with zero attached hydrogens (tertiary/aromatic N) is 2. The molecule has 11 aromatic carbocycles. The van der Waals surface area contributed by atoms with Gasteiger partial charge in [-0.15, -0.1) is 0 Å². The third-order valence-corrected chi connectivity index (χ3v) is 14.1. The molecule has 0 amide bonds. The first-order chi connectivity index (χ1) is 33.2. The SMILES string of the molecule is c1ccc(-c2ccc(N(c3ccc(-c4ccc(-n5ccc6c7ccccc7c7ccccc7c65)cc4)cc3)c3ccc4c(c3)C(c3ccccc3)(c3ccccc3)c3ccccc3-4)cc2)cc1. The van der Waals surface area contributed by atoms with Gasteiger partial charge in [-0.3, -0.25) is 0 Å². The molecule has 13 rings (SSSR count). The average Bonchev–Trinajstić information content (AvgIpc) is 3.99. The highest BCUT2D eigenvalue weighted by atomic mass is 15.1. The molecule has 1 aliphatic carbocycles. The van der Waals surface area contributed by atoms with E-state index in [1.165, 1.54) is 88.1 Å². The van der Waals surface area contributed by atoms with E-state index in [-0.39, 0.29) is 0 Å². The lowest BCUT2D eigenvalue weighted by molar-refractivity contribution is 0.768. The van der Waals surface area contributed by atoms with E-state index in [2.05, 4.69) is 277 Å². The van der Waals surface area contributed by atoms with Crippen molar-refractivity contribution in [2.75, 3.05) is 4.90 Å². The van der Waals surface area contributed by atoms with Crippen LogP contribution < -0.4 is 4.90 Å². The van der Waals surface area contributed by atoms with Crippen LogP contribution in [0.5, 0.6) is 0 Å². The van der Waals surface area contributed by atoms with Crippen molar-refractivity contribution in [3.63, 3.8) is 0 Å². The van der Waals surface area contributed by atoms with Crippen LogP contribution in [0.2, 0.25) is 0 Å². The molecule has 2 nitrogen and oxygen atoms in total. The Bertz CT molecular complexity index is 3720. The molecule has 0 saturated carbocycles. The number of rotatable bonds is 8. The van der Waals surface area contributed by atoms with Crippen LogP contribution in [0.1, 0.15) is 22.3 Å². The molecule has 1 aliphatic rings. The zero-order chi connectivity index (χ0) is 44.3. The van der Waals surface area contributed by atoms with Crippen molar-refractivity contribution in [2.45, 2.75) is 5.41 Å². The first-order valence-electron chi connectivity index (χ1n) is 23.2. The van der Waals surface area contributed by atoms with E-state index in [1.54, 1.807) is 0 Å². The summed E-state index contributed by atoms with van der Waals surface area (Å²) in [4.78, 5) is 2.41. The van der Waals surface area contributed by atoms with Crippen molar-refractivity contribution in [1.82, 2.24) is 4.57 Å². The number of anilines is 3. The van der Waals surface area contributed by atoms with Crippen molar-refractivity contribution in [3.8, 4) is 39.1 Å². The molecule has 314 valence electrons. The molecule has 67 heavy (non-hydrogen) atoms. The van der Waals surface area contributed by atoms with Gasteiger partial charge in [-0.2, -0.15) is 0 Å². The second kappa shape index (κ2) is 15.8. The monoisotopic (exact) mass is 852 g/mol. The lowest BCUT2D eigenvalue weighted by Gasteiger charge is -2.35. The Hall–Kier alpha value is -8.72. The van der Waals surface area contributed by atoms with Gasteiger partial charge in [0.05, 0.1) is 10.9 Å². The van der Waals surface area contributed by atoms with E-state index in [0.717, 1.165) is 22.7 Å². The summed E-state index contributed by atoms with van der Waals surface area (Å²) in [6.07, 6.45) is 2.22. The number of hydrogen-bond acceptors (Lipinski definition) is 1. The van der Waals surface area contributed by atoms with Gasteiger partial charge in [0.1, 0.15) is 0 Å². The fourth-order valence-electron chi connectivity index (χ4n) is 11.1. The Labute approximate surface area is 390 Å². The predicted molar refractivity (Wildman–Crippen MR) is 281 cm³/mol. The van der Waals surface area contributed by atoms with Crippen molar-refractivity contribution >= 4 is 49.5 Å². The summed E-state index contributed by atoms with van der Waals surface area (Å²) in [5.41, 5.74) is 17.5. The summed E-state index contributed by atoms with van der Waals surface area (Å²) in [6, 6.07) is 95.7. The van der Waals surface area contributed by atoms with Crippen molar-refractivity contribution in [1.29, 1.82) is 0 Å². The zero-order valence-corrected chi connectivity index (χ0v) is 36.8. The van der Waals surface area contributed by atoms with E-state index >= 15 is 0 Å². The molecule has 0 fully saturated rings. The number of fused-ring (bicyclic) bond motifs is 9. The van der Waals surface area contributed by atoms with E-state index in [1.807, 2.05) is 0 Å². The highest BCUT2D eigenvalue weighted by Crippen LogP contribution is 2.57. The molecule has 0 unspecified atom stereocenters. The topological polar surface area (TPSA) is 8.17 Å². The summed E-state index contributed by atoms with van der Waals surface area (Å²) in [6.45, 7) is 0. The zero-order valence-electron chi connectivity index (χ0n) is 36.8. The molecule has 1 aromatic heterocycles. The molecule has 0 radical (unpaired) electrons. The van der Waals surface area contributed by atoms with Crippen LogP contribution in [0, 0.1) is 0 Å². The molecule has 0 N–H and O–H groups in total. The standard InChI is InChI=1S/C65H44N2/c1-4-16-45(17-5-1)46-30-36-52(37-31-46)67(54-40-41-59-58-25-14-15-27-62(58)65(63(59)44-54,49-18-6-2-7-19-49)50-20-8-3-9-21-50)53-38-32-48(33-39-53)47-28-34-51(35-29-47)66-43-42-61-57-24-11-10-22-55(57)56-23-12-13-26-60(56)64(61)66/h1-44H. The highest BCUT2D eigenvalue weighted by molar-refractivity contribution is 6.24. The molecule has 0 bridgehead atoms. The number of hydrogen-bond donors (Lipinski definition) is 0. The minimum absolute atomic E-state index is 0.503. The lowest BCUT2D eigenvalue weighted by atomic mass is 9.67. The van der Waals surface area contributed by atoms with Crippen molar-refractivity contribution in [2.24, 2.45) is 0 Å². The van der Waals surface area contributed by atoms with E-state index in [0.29, 0.717) is 0 Å². The second-order valence-electron chi connectivity index (χ2n) is 17.6. The van der Waals surface area contributed by atoms with Crippen LogP contribution in [-0.2, 0) is 5.41 Å². The molecule has 0 saturated heterocycles. The number of benzene rings is 11. The molecule has 1 heterocycles. The minimum atomic E-state index is -0.503. The van der Waals surface area contributed by atoms with Gasteiger partial charge in [0.2, 0.25) is 0 Å². The van der Waals surface area contributed by atoms with Crippen LogP contribution in [0.4, 0.5) is 17.1 Å². The van der Waals surface area contributed by atoms with Crippen molar-refractivity contribution < 1.29 is 0 Å². The first-order valence-corrected chi connectivity index (χ1v) is 23.2. The summed E-state index contributed by atoms with van der Waals surface area (Å²) in [5.74, 6) is 0. The Morgan fingerprint density at radius 1 is 0.299 bits per heavy atom. The Kier molecular flexibility index (Phi) is 9.11. The van der Waals surface area contributed by atoms with Crippen LogP contribution in [-0.4, -0.2) is 4.57 Å². The van der Waals surface area contributed by atoms with Gasteiger partial charge in [0, 0.05) is 39.7 Å². The molecule has 2 heteroatoms. The third-order valence-electron chi connectivity index (χ3n) is 14.1.